The number of hydrogen-bond donors (Lipinski definition) is 0. The molecule has 0 saturated carbocycles. The van der Waals surface area contributed by atoms with Crippen LogP contribution >= 0.6 is 11.6 Å². The average molecular weight is 498 g/mol. The minimum Gasteiger partial charge on any atom is -0.487 e. The van der Waals surface area contributed by atoms with E-state index in [4.69, 9.17) is 16.3 Å². The molecule has 182 valence electrons. The van der Waals surface area contributed by atoms with Crippen LogP contribution in [-0.2, 0) is 19.6 Å². The number of aromatic nitrogens is 2. The Morgan fingerprint density at radius 1 is 1.06 bits per heavy atom. The molecule has 0 atom stereocenters. The van der Waals surface area contributed by atoms with Crippen LogP contribution in [0.1, 0.15) is 41.6 Å². The van der Waals surface area contributed by atoms with Gasteiger partial charge in [-0.3, -0.25) is 19.2 Å². The molecule has 1 aliphatic heterocycles. The molecule has 1 saturated heterocycles. The van der Waals surface area contributed by atoms with Gasteiger partial charge in [0.05, 0.1) is 10.7 Å². The summed E-state index contributed by atoms with van der Waals surface area (Å²) in [5, 5.41) is 0.559. The number of alkyl halides is 2. The van der Waals surface area contributed by atoms with Gasteiger partial charge in [0.25, 0.3) is 11.5 Å². The van der Waals surface area contributed by atoms with Gasteiger partial charge in [0.2, 0.25) is 0 Å². The van der Waals surface area contributed by atoms with Crippen molar-refractivity contribution in [2.45, 2.75) is 44.8 Å². The van der Waals surface area contributed by atoms with Crippen molar-refractivity contribution in [2.24, 2.45) is 0 Å². The molecule has 5 nitrogen and oxygen atoms in total. The summed E-state index contributed by atoms with van der Waals surface area (Å²) in [6.45, 7) is 1.78. The Hall–Kier alpha value is -3.03. The third-order valence-corrected chi connectivity index (χ3v) is 6.77. The predicted molar refractivity (Wildman–Crippen MR) is 133 cm³/mol. The summed E-state index contributed by atoms with van der Waals surface area (Å²) in [4.78, 5) is 19.1. The standard InChI is InChI=1S/C27H26ClF2N3O2/c28-22-4-5-23(31-16-22)18-35-25-7-10-33(26(34)15-25)24-6-3-20-13-19(1-2-21(20)14-24)17-32-11-8-27(29,30)9-12-32/h1-2,4-5,7,10,13-16H,3,6,8-9,11-12,17-18H2. The number of likely N-dealkylation sites (tertiary alicyclic amines) is 1. The summed E-state index contributed by atoms with van der Waals surface area (Å²) in [6.07, 6.45) is 6.76. The van der Waals surface area contributed by atoms with Gasteiger partial charge in [0.15, 0.2) is 0 Å². The molecule has 0 bridgehead atoms. The molecule has 8 heteroatoms. The molecular weight excluding hydrogens is 472 g/mol. The summed E-state index contributed by atoms with van der Waals surface area (Å²) in [7, 11) is 0. The van der Waals surface area contributed by atoms with Crippen LogP contribution in [0.2, 0.25) is 5.02 Å². The van der Waals surface area contributed by atoms with Gasteiger partial charge in [0.1, 0.15) is 12.4 Å². The van der Waals surface area contributed by atoms with Crippen LogP contribution in [0.4, 0.5) is 8.78 Å². The molecular formula is C27H26ClF2N3O2. The van der Waals surface area contributed by atoms with Crippen LogP contribution in [0.5, 0.6) is 5.75 Å². The zero-order valence-corrected chi connectivity index (χ0v) is 20.0. The maximum Gasteiger partial charge on any atom is 0.258 e. The summed E-state index contributed by atoms with van der Waals surface area (Å²) >= 11 is 5.85. The lowest BCUT2D eigenvalue weighted by atomic mass is 9.93. The van der Waals surface area contributed by atoms with E-state index in [9.17, 15) is 13.6 Å². The summed E-state index contributed by atoms with van der Waals surface area (Å²) in [5.41, 5.74) is 4.94. The molecule has 1 fully saturated rings. The highest BCUT2D eigenvalue weighted by Crippen LogP contribution is 2.30. The molecule has 2 aliphatic rings. The van der Waals surface area contributed by atoms with Crippen molar-refractivity contribution in [1.29, 1.82) is 0 Å². The number of nitrogens with zero attached hydrogens (tertiary/aromatic N) is 3. The highest BCUT2D eigenvalue weighted by atomic mass is 35.5. The number of hydrogen-bond acceptors (Lipinski definition) is 4. The van der Waals surface area contributed by atoms with Crippen molar-refractivity contribution in [1.82, 2.24) is 14.5 Å². The van der Waals surface area contributed by atoms with Gasteiger partial charge in [-0.05, 0) is 53.8 Å². The van der Waals surface area contributed by atoms with E-state index in [-0.39, 0.29) is 25.0 Å². The summed E-state index contributed by atoms with van der Waals surface area (Å²) in [5.74, 6) is -2.04. The number of benzene rings is 1. The van der Waals surface area contributed by atoms with E-state index in [0.29, 0.717) is 30.4 Å². The minimum absolute atomic E-state index is 0.0688. The molecule has 5 rings (SSSR count). The third-order valence-electron chi connectivity index (χ3n) is 6.55. The first-order valence-corrected chi connectivity index (χ1v) is 12.1. The molecule has 1 aliphatic carbocycles. The summed E-state index contributed by atoms with van der Waals surface area (Å²) in [6, 6.07) is 13.1. The monoisotopic (exact) mass is 497 g/mol. The van der Waals surface area contributed by atoms with Gasteiger partial charge in [-0.2, -0.15) is 0 Å². The number of halogens is 3. The molecule has 0 amide bonds. The normalized spacial score (nSPS) is 17.5. The molecule has 3 heterocycles. The van der Waals surface area contributed by atoms with E-state index >= 15 is 0 Å². The summed E-state index contributed by atoms with van der Waals surface area (Å²) < 4.78 is 34.2. The van der Waals surface area contributed by atoms with E-state index < -0.39 is 5.92 Å². The molecule has 2 aromatic heterocycles. The fourth-order valence-corrected chi connectivity index (χ4v) is 4.66. The first-order valence-electron chi connectivity index (χ1n) is 11.7. The Kier molecular flexibility index (Phi) is 6.71. The van der Waals surface area contributed by atoms with E-state index in [1.165, 1.54) is 11.6 Å². The van der Waals surface area contributed by atoms with E-state index in [0.717, 1.165) is 35.4 Å². The van der Waals surface area contributed by atoms with Crippen LogP contribution in [-0.4, -0.2) is 33.5 Å². The van der Waals surface area contributed by atoms with E-state index in [1.54, 1.807) is 35.2 Å². The number of aryl methyl sites for hydroxylation is 1. The van der Waals surface area contributed by atoms with E-state index in [1.807, 2.05) is 6.08 Å². The van der Waals surface area contributed by atoms with Gasteiger partial charge in [-0.25, -0.2) is 8.78 Å². The van der Waals surface area contributed by atoms with Gasteiger partial charge in [0, 0.05) is 56.6 Å². The fraction of sp³-hybridized carbons (Fsp3) is 0.333. The van der Waals surface area contributed by atoms with Crippen LogP contribution in [0.3, 0.4) is 0 Å². The molecule has 1 aromatic carbocycles. The number of fused-ring (bicyclic) bond motifs is 1. The van der Waals surface area contributed by atoms with Gasteiger partial charge in [-0.15, -0.1) is 0 Å². The average Bonchev–Trinajstić information content (AvgIpc) is 2.85. The third kappa shape index (κ3) is 5.80. The maximum atomic E-state index is 13.4. The number of allylic oxidation sites excluding steroid dienone is 1. The van der Waals surface area contributed by atoms with Gasteiger partial charge in [-0.1, -0.05) is 29.8 Å². The van der Waals surface area contributed by atoms with Crippen LogP contribution in [0.25, 0.3) is 11.8 Å². The number of rotatable bonds is 6. The number of pyridine rings is 2. The lowest BCUT2D eigenvalue weighted by Gasteiger charge is -2.31. The predicted octanol–water partition coefficient (Wildman–Crippen LogP) is 5.65. The molecule has 0 unspecified atom stereocenters. The number of ether oxygens (including phenoxy) is 1. The molecule has 0 N–H and O–H groups in total. The van der Waals surface area contributed by atoms with Crippen molar-refractivity contribution in [2.75, 3.05) is 13.1 Å². The SMILES string of the molecule is O=c1cc(OCc2ccc(Cl)cn2)ccn1C1=Cc2ccc(CN3CCC(F)(F)CC3)cc2CC1. The van der Waals surface area contributed by atoms with Crippen LogP contribution in [0.15, 0.2) is 59.7 Å². The Balaban J connectivity index is 1.25. The van der Waals surface area contributed by atoms with Crippen LogP contribution < -0.4 is 10.3 Å². The Bertz CT molecular complexity index is 1290. The van der Waals surface area contributed by atoms with E-state index in [2.05, 4.69) is 28.1 Å². The Morgan fingerprint density at radius 2 is 1.89 bits per heavy atom. The van der Waals surface area contributed by atoms with Gasteiger partial charge >= 0.3 is 0 Å². The van der Waals surface area contributed by atoms with Crippen LogP contribution in [0, 0.1) is 0 Å². The maximum absolute atomic E-state index is 13.4. The van der Waals surface area contributed by atoms with Crippen molar-refractivity contribution in [3.8, 4) is 5.75 Å². The highest BCUT2D eigenvalue weighted by Gasteiger charge is 2.33. The highest BCUT2D eigenvalue weighted by molar-refractivity contribution is 6.30. The van der Waals surface area contributed by atoms with Crippen molar-refractivity contribution in [3.05, 3.63) is 92.6 Å². The van der Waals surface area contributed by atoms with Crippen molar-refractivity contribution >= 4 is 23.4 Å². The van der Waals surface area contributed by atoms with Crippen molar-refractivity contribution in [3.63, 3.8) is 0 Å². The fourth-order valence-electron chi connectivity index (χ4n) is 4.55. The second kappa shape index (κ2) is 9.91. The molecule has 0 radical (unpaired) electrons. The lowest BCUT2D eigenvalue weighted by Crippen LogP contribution is -2.38. The zero-order chi connectivity index (χ0) is 24.4. The molecule has 35 heavy (non-hydrogen) atoms. The van der Waals surface area contributed by atoms with Crippen molar-refractivity contribution < 1.29 is 13.5 Å². The first-order chi connectivity index (χ1) is 16.8. The second-order valence-electron chi connectivity index (χ2n) is 9.13. The quantitative estimate of drug-likeness (QED) is 0.441. The first kappa shape index (κ1) is 23.7. The molecule has 0 spiro atoms. The minimum atomic E-state index is -2.52. The molecule has 3 aromatic rings. The lowest BCUT2D eigenvalue weighted by molar-refractivity contribution is -0.0566. The second-order valence-corrected chi connectivity index (χ2v) is 9.56. The smallest absolute Gasteiger partial charge is 0.258 e. The van der Waals surface area contributed by atoms with Gasteiger partial charge < -0.3 is 4.74 Å². The Morgan fingerprint density at radius 3 is 2.63 bits per heavy atom. The topological polar surface area (TPSA) is 47.4 Å². The number of piperidine rings is 1. The largest absolute Gasteiger partial charge is 0.487 e. The Labute approximate surface area is 207 Å². The zero-order valence-electron chi connectivity index (χ0n) is 19.2.